The predicted octanol–water partition coefficient (Wildman–Crippen LogP) is 3.54. The zero-order valence-corrected chi connectivity index (χ0v) is 26.4. The van der Waals surface area contributed by atoms with Crippen LogP contribution in [0.3, 0.4) is 0 Å². The number of nitriles is 1. The highest BCUT2D eigenvalue weighted by atomic mass is 32.1. The van der Waals surface area contributed by atoms with Crippen molar-refractivity contribution < 1.29 is 28.5 Å². The fourth-order valence-corrected chi connectivity index (χ4v) is 6.46. The molecule has 45 heavy (non-hydrogen) atoms. The van der Waals surface area contributed by atoms with E-state index in [9.17, 15) is 19.6 Å². The first-order valence-electron chi connectivity index (χ1n) is 14.3. The fourth-order valence-electron chi connectivity index (χ4n) is 5.43. The van der Waals surface area contributed by atoms with E-state index in [1.807, 2.05) is 48.8 Å². The Morgan fingerprint density at radius 2 is 1.87 bits per heavy atom. The molecule has 2 aromatic heterocycles. The zero-order valence-electron chi connectivity index (χ0n) is 25.6. The van der Waals surface area contributed by atoms with Crippen molar-refractivity contribution in [3.8, 4) is 17.6 Å². The van der Waals surface area contributed by atoms with Gasteiger partial charge in [-0.05, 0) is 57.5 Å². The molecule has 2 aromatic carbocycles. The molecule has 0 aliphatic carbocycles. The third-order valence-electron chi connectivity index (χ3n) is 7.46. The van der Waals surface area contributed by atoms with Crippen LogP contribution in [0.25, 0.3) is 17.0 Å². The number of para-hydroxylation sites is 1. The number of nitrogens with zero attached hydrogens (tertiary/aromatic N) is 4. The SMILES string of the molecule is CCOC(=O)C1=C(C)N=c2s/c(=C/c3c(C)n(CC#N)c4ccccc34)c(=O)n2[C@@H]1c1ccc(OCC(=O)OC)c(OCC)c1. The van der Waals surface area contributed by atoms with Gasteiger partial charge in [0.05, 0.1) is 48.2 Å². The molecule has 0 radical (unpaired) electrons. The number of methoxy groups -OCH3 is 1. The van der Waals surface area contributed by atoms with E-state index < -0.39 is 18.0 Å². The molecule has 4 aromatic rings. The first-order valence-corrected chi connectivity index (χ1v) is 15.2. The van der Waals surface area contributed by atoms with Crippen molar-refractivity contribution in [3.63, 3.8) is 0 Å². The number of carbonyl (C=O) groups excluding carboxylic acids is 2. The van der Waals surface area contributed by atoms with Crippen molar-refractivity contribution in [3.05, 3.63) is 90.2 Å². The smallest absolute Gasteiger partial charge is 0.343 e. The molecule has 1 atom stereocenters. The number of allylic oxidation sites excluding steroid dienone is 1. The van der Waals surface area contributed by atoms with Crippen LogP contribution in [0, 0.1) is 18.3 Å². The van der Waals surface area contributed by atoms with Crippen LogP contribution >= 0.6 is 11.3 Å². The third kappa shape index (κ3) is 5.86. The average molecular weight is 629 g/mol. The summed E-state index contributed by atoms with van der Waals surface area (Å²) in [5.74, 6) is -0.499. The maximum Gasteiger partial charge on any atom is 0.343 e. The van der Waals surface area contributed by atoms with Crippen LogP contribution in [0.2, 0.25) is 0 Å². The van der Waals surface area contributed by atoms with Crippen LogP contribution in [0.15, 0.2) is 63.5 Å². The van der Waals surface area contributed by atoms with Gasteiger partial charge in [-0.3, -0.25) is 9.36 Å². The van der Waals surface area contributed by atoms with Crippen molar-refractivity contribution in [2.75, 3.05) is 26.9 Å². The zero-order chi connectivity index (χ0) is 32.2. The molecule has 3 heterocycles. The number of carbonyl (C=O) groups is 2. The van der Waals surface area contributed by atoms with Crippen LogP contribution in [0.1, 0.15) is 43.6 Å². The summed E-state index contributed by atoms with van der Waals surface area (Å²) in [7, 11) is 1.27. The molecule has 232 valence electrons. The van der Waals surface area contributed by atoms with Gasteiger partial charge < -0.3 is 23.5 Å². The molecule has 0 bridgehead atoms. The van der Waals surface area contributed by atoms with E-state index in [1.54, 1.807) is 32.0 Å². The van der Waals surface area contributed by atoms with Gasteiger partial charge in [-0.15, -0.1) is 0 Å². The van der Waals surface area contributed by atoms with Crippen molar-refractivity contribution in [2.45, 2.75) is 40.3 Å². The second-order valence-electron chi connectivity index (χ2n) is 10.1. The maximum atomic E-state index is 14.2. The molecule has 0 amide bonds. The van der Waals surface area contributed by atoms with Gasteiger partial charge >= 0.3 is 11.9 Å². The number of benzene rings is 2. The summed E-state index contributed by atoms with van der Waals surface area (Å²) in [6.45, 7) is 7.46. The Kier molecular flexibility index (Phi) is 9.20. The van der Waals surface area contributed by atoms with Crippen molar-refractivity contribution in [1.29, 1.82) is 5.26 Å². The molecule has 0 unspecified atom stereocenters. The second-order valence-corrected chi connectivity index (χ2v) is 11.1. The largest absolute Gasteiger partial charge is 0.490 e. The molecular formula is C33H32N4O7S. The number of esters is 2. The van der Waals surface area contributed by atoms with Crippen LogP contribution < -0.4 is 24.4 Å². The van der Waals surface area contributed by atoms with Gasteiger partial charge in [0, 0.05) is 22.2 Å². The topological polar surface area (TPSA) is 134 Å². The van der Waals surface area contributed by atoms with E-state index in [0.717, 1.165) is 22.2 Å². The number of aromatic nitrogens is 2. The van der Waals surface area contributed by atoms with Gasteiger partial charge in [0.25, 0.3) is 5.56 Å². The van der Waals surface area contributed by atoms with E-state index in [4.69, 9.17) is 14.2 Å². The minimum absolute atomic E-state index is 0.142. The summed E-state index contributed by atoms with van der Waals surface area (Å²) in [5.41, 5.74) is 3.46. The Balaban J connectivity index is 1.72. The lowest BCUT2D eigenvalue weighted by Crippen LogP contribution is -2.40. The maximum absolute atomic E-state index is 14.2. The van der Waals surface area contributed by atoms with Gasteiger partial charge in [-0.1, -0.05) is 35.6 Å². The average Bonchev–Trinajstić information content (AvgIpc) is 3.48. The lowest BCUT2D eigenvalue weighted by Gasteiger charge is -2.25. The summed E-state index contributed by atoms with van der Waals surface area (Å²) in [5, 5.41) is 10.4. The molecule has 5 rings (SSSR count). The fraction of sp³-hybridized carbons (Fsp3) is 0.303. The Bertz CT molecular complexity index is 2060. The lowest BCUT2D eigenvalue weighted by molar-refractivity contribution is -0.143. The quantitative estimate of drug-likeness (QED) is 0.244. The van der Waals surface area contributed by atoms with Crippen LogP contribution in [0.5, 0.6) is 11.5 Å². The highest BCUT2D eigenvalue weighted by molar-refractivity contribution is 7.07. The first kappa shape index (κ1) is 31.3. The number of fused-ring (bicyclic) bond motifs is 2. The van der Waals surface area contributed by atoms with Crippen molar-refractivity contribution in [2.24, 2.45) is 4.99 Å². The predicted molar refractivity (Wildman–Crippen MR) is 168 cm³/mol. The van der Waals surface area contributed by atoms with Gasteiger partial charge in [0.1, 0.15) is 6.54 Å². The van der Waals surface area contributed by atoms with E-state index in [0.29, 0.717) is 38.7 Å². The molecule has 1 aliphatic heterocycles. The third-order valence-corrected chi connectivity index (χ3v) is 8.44. The minimum Gasteiger partial charge on any atom is -0.490 e. The molecular weight excluding hydrogens is 596 g/mol. The summed E-state index contributed by atoms with van der Waals surface area (Å²) in [6.07, 6.45) is 1.82. The molecule has 0 fully saturated rings. The van der Waals surface area contributed by atoms with Gasteiger partial charge in [0.2, 0.25) is 0 Å². The highest BCUT2D eigenvalue weighted by Crippen LogP contribution is 2.36. The van der Waals surface area contributed by atoms with E-state index in [2.05, 4.69) is 15.8 Å². The molecule has 11 nitrogen and oxygen atoms in total. The van der Waals surface area contributed by atoms with Crippen LogP contribution in [-0.4, -0.2) is 48.0 Å². The minimum atomic E-state index is -0.877. The Morgan fingerprint density at radius 1 is 1.09 bits per heavy atom. The molecule has 0 saturated carbocycles. The van der Waals surface area contributed by atoms with Gasteiger partial charge in [-0.25, -0.2) is 14.6 Å². The number of ether oxygens (including phenoxy) is 4. The summed E-state index contributed by atoms with van der Waals surface area (Å²) in [6, 6.07) is 14.1. The summed E-state index contributed by atoms with van der Waals surface area (Å²) >= 11 is 1.22. The van der Waals surface area contributed by atoms with Crippen molar-refractivity contribution >= 4 is 40.3 Å². The van der Waals surface area contributed by atoms with Gasteiger partial charge in [-0.2, -0.15) is 5.26 Å². The van der Waals surface area contributed by atoms with Gasteiger partial charge in [0.15, 0.2) is 22.9 Å². The monoisotopic (exact) mass is 628 g/mol. The lowest BCUT2D eigenvalue weighted by atomic mass is 9.95. The van der Waals surface area contributed by atoms with Crippen LogP contribution in [0.4, 0.5) is 0 Å². The Morgan fingerprint density at radius 3 is 2.58 bits per heavy atom. The molecule has 12 heteroatoms. The first-order chi connectivity index (χ1) is 21.7. The highest BCUT2D eigenvalue weighted by Gasteiger charge is 2.34. The number of hydrogen-bond acceptors (Lipinski definition) is 10. The summed E-state index contributed by atoms with van der Waals surface area (Å²) in [4.78, 5) is 44.4. The van der Waals surface area contributed by atoms with E-state index in [-0.39, 0.29) is 30.9 Å². The Hall–Kier alpha value is -5.15. The van der Waals surface area contributed by atoms with E-state index in [1.165, 1.54) is 23.0 Å². The Labute approximate surface area is 262 Å². The number of hydrogen-bond donors (Lipinski definition) is 0. The summed E-state index contributed by atoms with van der Waals surface area (Å²) < 4.78 is 25.4. The molecule has 0 saturated heterocycles. The normalized spacial score (nSPS) is 14.5. The molecule has 1 aliphatic rings. The molecule has 0 N–H and O–H groups in total. The standard InChI is InChI=1S/C33H32N4O7S/c1-6-42-26-16-21(12-13-25(26)44-18-28(38)41-5)30-29(32(40)43-7-2)19(3)35-33-37(30)31(39)27(45-33)17-23-20(4)36(15-14-34)24-11-9-8-10-22(23)24/h8-13,16-17,30H,6-7,15,18H2,1-5H3/b27-17+/t30-/m1/s1. The second kappa shape index (κ2) is 13.2. The van der Waals surface area contributed by atoms with Crippen LogP contribution in [-0.2, 0) is 25.6 Å². The van der Waals surface area contributed by atoms with Crippen molar-refractivity contribution in [1.82, 2.24) is 9.13 Å². The number of rotatable bonds is 10. The number of thiazole rings is 1. The molecule has 0 spiro atoms. The van der Waals surface area contributed by atoms with E-state index >= 15 is 0 Å².